The van der Waals surface area contributed by atoms with Gasteiger partial charge in [-0.3, -0.25) is 4.68 Å². The maximum absolute atomic E-state index is 11.6. The van der Waals surface area contributed by atoms with E-state index in [1.807, 2.05) is 10.9 Å². The third-order valence-corrected chi connectivity index (χ3v) is 3.23. The number of carbonyl (C=O) groups excluding carboxylic acids is 1. The maximum atomic E-state index is 11.6. The molecule has 0 saturated heterocycles. The number of amides is 2. The van der Waals surface area contributed by atoms with Gasteiger partial charge in [0.2, 0.25) is 0 Å². The number of hydrogen-bond acceptors (Lipinski definition) is 4. The first kappa shape index (κ1) is 14.8. The minimum absolute atomic E-state index is 0.125. The van der Waals surface area contributed by atoms with E-state index in [4.69, 9.17) is 9.47 Å². The number of fused-ring (bicyclic) bond motifs is 1. The molecule has 112 valence electrons. The fraction of sp³-hybridized carbons (Fsp3) is 0.692. The summed E-state index contributed by atoms with van der Waals surface area (Å²) in [5.41, 5.74) is 2.11. The zero-order valence-corrected chi connectivity index (χ0v) is 12.3. The van der Waals surface area contributed by atoms with Gasteiger partial charge in [-0.1, -0.05) is 0 Å². The standard InChI is InChI=1S/C13H22N4O3/c1-16(2)13(18)14-8-11-12-10(4-6-20-11)9-17(15-12)5-7-19-3/h9,11H,4-8H2,1-3H3,(H,14,18)/t11-/m1/s1. The Balaban J connectivity index is 2.00. The van der Waals surface area contributed by atoms with Gasteiger partial charge in [-0.15, -0.1) is 0 Å². The van der Waals surface area contributed by atoms with Gasteiger partial charge >= 0.3 is 6.03 Å². The molecule has 20 heavy (non-hydrogen) atoms. The minimum Gasteiger partial charge on any atom is -0.383 e. The molecule has 0 aliphatic carbocycles. The molecule has 0 unspecified atom stereocenters. The third-order valence-electron chi connectivity index (χ3n) is 3.23. The smallest absolute Gasteiger partial charge is 0.316 e. The number of ether oxygens (including phenoxy) is 2. The Morgan fingerprint density at radius 3 is 3.15 bits per heavy atom. The molecule has 7 nitrogen and oxygen atoms in total. The largest absolute Gasteiger partial charge is 0.383 e. The molecule has 2 rings (SSSR count). The van der Waals surface area contributed by atoms with Gasteiger partial charge in [0.1, 0.15) is 6.10 Å². The summed E-state index contributed by atoms with van der Waals surface area (Å²) in [6.45, 7) is 2.44. The van der Waals surface area contributed by atoms with Crippen LogP contribution in [0, 0.1) is 0 Å². The van der Waals surface area contributed by atoms with Gasteiger partial charge in [-0.2, -0.15) is 5.10 Å². The molecule has 2 amide bonds. The molecule has 0 saturated carbocycles. The van der Waals surface area contributed by atoms with Crippen molar-refractivity contribution in [3.05, 3.63) is 17.5 Å². The number of urea groups is 1. The first-order valence-electron chi connectivity index (χ1n) is 6.73. The average Bonchev–Trinajstić information content (AvgIpc) is 2.85. The van der Waals surface area contributed by atoms with Crippen LogP contribution in [0.5, 0.6) is 0 Å². The summed E-state index contributed by atoms with van der Waals surface area (Å²) < 4.78 is 12.6. The zero-order valence-electron chi connectivity index (χ0n) is 12.3. The molecular formula is C13H22N4O3. The van der Waals surface area contributed by atoms with E-state index in [0.29, 0.717) is 19.8 Å². The van der Waals surface area contributed by atoms with E-state index in [0.717, 1.165) is 18.7 Å². The molecule has 1 N–H and O–H groups in total. The summed E-state index contributed by atoms with van der Waals surface area (Å²) in [7, 11) is 5.09. The lowest BCUT2D eigenvalue weighted by Gasteiger charge is -2.23. The molecule has 1 aliphatic heterocycles. The monoisotopic (exact) mass is 282 g/mol. The second-order valence-electron chi connectivity index (χ2n) is 4.99. The molecule has 1 aliphatic rings. The topological polar surface area (TPSA) is 68.6 Å². The van der Waals surface area contributed by atoms with Crippen molar-refractivity contribution in [3.63, 3.8) is 0 Å². The normalized spacial score (nSPS) is 17.6. The van der Waals surface area contributed by atoms with Crippen LogP contribution in [0.15, 0.2) is 6.20 Å². The van der Waals surface area contributed by atoms with Crippen molar-refractivity contribution < 1.29 is 14.3 Å². The Kier molecular flexibility index (Phi) is 4.97. The zero-order chi connectivity index (χ0) is 14.5. The van der Waals surface area contributed by atoms with Crippen LogP contribution in [-0.2, 0) is 22.4 Å². The second kappa shape index (κ2) is 6.71. The molecule has 0 fully saturated rings. The van der Waals surface area contributed by atoms with E-state index >= 15 is 0 Å². The third kappa shape index (κ3) is 3.49. The molecule has 0 spiro atoms. The van der Waals surface area contributed by atoms with Crippen molar-refractivity contribution in [2.75, 3.05) is 41.0 Å². The van der Waals surface area contributed by atoms with Gasteiger partial charge in [0, 0.05) is 27.4 Å². The molecule has 1 aromatic heterocycles. The molecule has 1 aromatic rings. The predicted molar refractivity (Wildman–Crippen MR) is 73.6 cm³/mol. The Morgan fingerprint density at radius 2 is 2.45 bits per heavy atom. The quantitative estimate of drug-likeness (QED) is 0.849. The molecule has 2 heterocycles. The molecule has 1 atom stereocenters. The number of methoxy groups -OCH3 is 1. The lowest BCUT2D eigenvalue weighted by atomic mass is 10.1. The van der Waals surface area contributed by atoms with Crippen molar-refractivity contribution in [1.29, 1.82) is 0 Å². The van der Waals surface area contributed by atoms with Gasteiger partial charge in [0.25, 0.3) is 0 Å². The summed E-state index contributed by atoms with van der Waals surface area (Å²) in [4.78, 5) is 13.1. The molecule has 0 aromatic carbocycles. The van der Waals surface area contributed by atoms with Crippen molar-refractivity contribution in [1.82, 2.24) is 20.0 Å². The van der Waals surface area contributed by atoms with Crippen LogP contribution in [0.25, 0.3) is 0 Å². The van der Waals surface area contributed by atoms with Crippen LogP contribution in [0.1, 0.15) is 17.4 Å². The summed E-state index contributed by atoms with van der Waals surface area (Å²) in [5.74, 6) is 0. The van der Waals surface area contributed by atoms with E-state index < -0.39 is 0 Å². The van der Waals surface area contributed by atoms with Gasteiger partial charge in [-0.05, 0) is 12.0 Å². The molecule has 0 bridgehead atoms. The summed E-state index contributed by atoms with van der Waals surface area (Å²) in [6, 6.07) is -0.125. The van der Waals surface area contributed by atoms with Crippen LogP contribution in [0.3, 0.4) is 0 Å². The van der Waals surface area contributed by atoms with Gasteiger partial charge in [-0.25, -0.2) is 4.79 Å². The van der Waals surface area contributed by atoms with Crippen molar-refractivity contribution in [2.45, 2.75) is 19.1 Å². The Bertz CT molecular complexity index is 458. The number of nitrogens with one attached hydrogen (secondary N) is 1. The highest BCUT2D eigenvalue weighted by atomic mass is 16.5. The summed E-state index contributed by atoms with van der Waals surface area (Å²) >= 11 is 0. The number of carbonyl (C=O) groups is 1. The number of nitrogens with zero attached hydrogens (tertiary/aromatic N) is 3. The van der Waals surface area contributed by atoms with E-state index in [9.17, 15) is 4.79 Å². The van der Waals surface area contributed by atoms with Crippen LogP contribution in [0.2, 0.25) is 0 Å². The van der Waals surface area contributed by atoms with Crippen LogP contribution < -0.4 is 5.32 Å². The van der Waals surface area contributed by atoms with Gasteiger partial charge < -0.3 is 19.7 Å². The minimum atomic E-state index is -0.175. The first-order chi connectivity index (χ1) is 9.61. The number of aromatic nitrogens is 2. The maximum Gasteiger partial charge on any atom is 0.316 e. The predicted octanol–water partition coefficient (Wildman–Crippen LogP) is 0.415. The Morgan fingerprint density at radius 1 is 1.65 bits per heavy atom. The molecular weight excluding hydrogens is 260 g/mol. The highest BCUT2D eigenvalue weighted by Crippen LogP contribution is 2.25. The second-order valence-corrected chi connectivity index (χ2v) is 4.99. The van der Waals surface area contributed by atoms with Gasteiger partial charge in [0.15, 0.2) is 0 Å². The van der Waals surface area contributed by atoms with Crippen molar-refractivity contribution in [3.8, 4) is 0 Å². The highest BCUT2D eigenvalue weighted by molar-refractivity contribution is 5.73. The van der Waals surface area contributed by atoms with Gasteiger partial charge in [0.05, 0.1) is 32.0 Å². The SMILES string of the molecule is COCCn1cc2c(n1)[C@@H](CNC(=O)N(C)C)OCC2. The van der Waals surface area contributed by atoms with E-state index in [1.54, 1.807) is 21.2 Å². The Labute approximate surface area is 118 Å². The van der Waals surface area contributed by atoms with E-state index in [-0.39, 0.29) is 12.1 Å². The van der Waals surface area contributed by atoms with Crippen LogP contribution in [-0.4, -0.2) is 61.7 Å². The summed E-state index contributed by atoms with van der Waals surface area (Å²) in [6.07, 6.45) is 2.73. The lowest BCUT2D eigenvalue weighted by Crippen LogP contribution is -2.38. The fourth-order valence-corrected chi connectivity index (χ4v) is 2.12. The Hall–Kier alpha value is -1.60. The lowest BCUT2D eigenvalue weighted by molar-refractivity contribution is 0.0404. The average molecular weight is 282 g/mol. The highest BCUT2D eigenvalue weighted by Gasteiger charge is 2.25. The summed E-state index contributed by atoms with van der Waals surface area (Å²) in [5, 5.41) is 7.37. The van der Waals surface area contributed by atoms with Crippen LogP contribution in [0.4, 0.5) is 4.79 Å². The van der Waals surface area contributed by atoms with E-state index in [1.165, 1.54) is 10.5 Å². The van der Waals surface area contributed by atoms with Crippen LogP contribution >= 0.6 is 0 Å². The number of hydrogen-bond donors (Lipinski definition) is 1. The molecule has 0 radical (unpaired) electrons. The fourth-order valence-electron chi connectivity index (χ4n) is 2.12. The first-order valence-corrected chi connectivity index (χ1v) is 6.73. The van der Waals surface area contributed by atoms with E-state index in [2.05, 4.69) is 10.4 Å². The number of rotatable bonds is 5. The van der Waals surface area contributed by atoms with Crippen molar-refractivity contribution in [2.24, 2.45) is 0 Å². The van der Waals surface area contributed by atoms with Crippen molar-refractivity contribution >= 4 is 6.03 Å². The molecule has 7 heteroatoms.